The van der Waals surface area contributed by atoms with Gasteiger partial charge in [0.05, 0.1) is 17.5 Å². The smallest absolute Gasteiger partial charge is 0.0945 e. The lowest BCUT2D eigenvalue weighted by Gasteiger charge is -1.99. The lowest BCUT2D eigenvalue weighted by Crippen LogP contribution is -1.97. The molecule has 3 rings (SSSR count). The largest absolute Gasteiger partial charge is 0.337 e. The lowest BCUT2D eigenvalue weighted by atomic mass is 10.2. The standard InChI is InChI=1S/C13H14N4/c1-2-8-17-13(5-1)10-12(15-17)4-3-7-16-9-6-14-11-16/h1-2,5-6,8-11H,3-4,7H2. The second-order valence-corrected chi connectivity index (χ2v) is 4.11. The summed E-state index contributed by atoms with van der Waals surface area (Å²) in [5, 5.41) is 4.52. The Labute approximate surface area is 99.5 Å². The normalized spacial score (nSPS) is 11.1. The van der Waals surface area contributed by atoms with Crippen LogP contribution in [0.4, 0.5) is 0 Å². The molecule has 0 fully saturated rings. The fourth-order valence-corrected chi connectivity index (χ4v) is 1.97. The molecule has 86 valence electrons. The Kier molecular flexibility index (Phi) is 2.62. The molecular weight excluding hydrogens is 212 g/mol. The fourth-order valence-electron chi connectivity index (χ4n) is 1.97. The number of fused-ring (bicyclic) bond motifs is 1. The number of pyridine rings is 1. The van der Waals surface area contributed by atoms with Gasteiger partial charge in [0.15, 0.2) is 0 Å². The van der Waals surface area contributed by atoms with Gasteiger partial charge in [0.1, 0.15) is 0 Å². The van der Waals surface area contributed by atoms with Crippen LogP contribution >= 0.6 is 0 Å². The van der Waals surface area contributed by atoms with E-state index >= 15 is 0 Å². The average Bonchev–Trinajstić information content (AvgIpc) is 2.96. The summed E-state index contributed by atoms with van der Waals surface area (Å²) in [6.45, 7) is 0.994. The van der Waals surface area contributed by atoms with Crippen molar-refractivity contribution >= 4 is 5.52 Å². The zero-order chi connectivity index (χ0) is 11.5. The molecule has 3 aromatic rings. The zero-order valence-corrected chi connectivity index (χ0v) is 9.53. The monoisotopic (exact) mass is 226 g/mol. The van der Waals surface area contributed by atoms with Gasteiger partial charge >= 0.3 is 0 Å². The van der Waals surface area contributed by atoms with Gasteiger partial charge in [0, 0.05) is 25.1 Å². The second-order valence-electron chi connectivity index (χ2n) is 4.11. The van der Waals surface area contributed by atoms with Crippen LogP contribution in [0.2, 0.25) is 0 Å². The molecule has 4 nitrogen and oxygen atoms in total. The SMILES string of the molecule is c1ccn2nc(CCCn3ccnc3)cc2c1. The summed E-state index contributed by atoms with van der Waals surface area (Å²) in [4.78, 5) is 4.03. The predicted molar refractivity (Wildman–Crippen MR) is 65.7 cm³/mol. The number of hydrogen-bond acceptors (Lipinski definition) is 2. The highest BCUT2D eigenvalue weighted by atomic mass is 15.2. The molecule has 0 aliphatic rings. The molecule has 17 heavy (non-hydrogen) atoms. The highest BCUT2D eigenvalue weighted by Crippen LogP contribution is 2.08. The molecule has 0 N–H and O–H groups in total. The van der Waals surface area contributed by atoms with Crippen molar-refractivity contribution < 1.29 is 0 Å². The van der Waals surface area contributed by atoms with E-state index in [1.807, 2.05) is 41.6 Å². The van der Waals surface area contributed by atoms with Crippen LogP contribution in [0.15, 0.2) is 49.2 Å². The van der Waals surface area contributed by atoms with Crippen molar-refractivity contribution in [3.05, 3.63) is 54.9 Å². The van der Waals surface area contributed by atoms with E-state index in [1.165, 1.54) is 0 Å². The minimum Gasteiger partial charge on any atom is -0.337 e. The van der Waals surface area contributed by atoms with Crippen molar-refractivity contribution in [2.24, 2.45) is 0 Å². The number of rotatable bonds is 4. The Bertz CT molecular complexity index is 562. The first-order valence-corrected chi connectivity index (χ1v) is 5.81. The van der Waals surface area contributed by atoms with Crippen molar-refractivity contribution in [3.63, 3.8) is 0 Å². The van der Waals surface area contributed by atoms with E-state index in [1.54, 1.807) is 0 Å². The Hall–Kier alpha value is -2.10. The van der Waals surface area contributed by atoms with Crippen molar-refractivity contribution in [3.8, 4) is 0 Å². The molecule has 0 spiro atoms. The summed E-state index contributed by atoms with van der Waals surface area (Å²) in [5.74, 6) is 0. The molecule has 0 bridgehead atoms. The number of hydrogen-bond donors (Lipinski definition) is 0. The topological polar surface area (TPSA) is 35.1 Å². The highest BCUT2D eigenvalue weighted by molar-refractivity contribution is 5.46. The fraction of sp³-hybridized carbons (Fsp3) is 0.231. The molecule has 0 aliphatic carbocycles. The molecule has 3 heterocycles. The molecule has 0 saturated carbocycles. The van der Waals surface area contributed by atoms with Crippen LogP contribution in [-0.4, -0.2) is 19.2 Å². The van der Waals surface area contributed by atoms with Crippen LogP contribution in [0.1, 0.15) is 12.1 Å². The van der Waals surface area contributed by atoms with E-state index in [4.69, 9.17) is 0 Å². The Morgan fingerprint density at radius 3 is 3.00 bits per heavy atom. The van der Waals surface area contributed by atoms with Crippen molar-refractivity contribution in [1.29, 1.82) is 0 Å². The van der Waals surface area contributed by atoms with Gasteiger partial charge in [-0.05, 0) is 31.0 Å². The molecule has 0 aliphatic heterocycles. The maximum Gasteiger partial charge on any atom is 0.0945 e. The third-order valence-electron chi connectivity index (χ3n) is 2.83. The van der Waals surface area contributed by atoms with Gasteiger partial charge in [-0.3, -0.25) is 0 Å². The summed E-state index contributed by atoms with van der Waals surface area (Å²) in [6.07, 6.45) is 9.72. The third kappa shape index (κ3) is 2.20. The van der Waals surface area contributed by atoms with Crippen molar-refractivity contribution in [2.45, 2.75) is 19.4 Å². The number of nitrogens with zero attached hydrogens (tertiary/aromatic N) is 4. The summed E-state index contributed by atoms with van der Waals surface area (Å²) < 4.78 is 4.02. The first kappa shape index (κ1) is 10.1. The van der Waals surface area contributed by atoms with Gasteiger partial charge in [0.2, 0.25) is 0 Å². The summed E-state index contributed by atoms with van der Waals surface area (Å²) in [5.41, 5.74) is 2.31. The maximum atomic E-state index is 4.52. The van der Waals surface area contributed by atoms with Gasteiger partial charge in [-0.15, -0.1) is 0 Å². The van der Waals surface area contributed by atoms with Crippen LogP contribution in [0.5, 0.6) is 0 Å². The Balaban J connectivity index is 1.65. The summed E-state index contributed by atoms with van der Waals surface area (Å²) in [6, 6.07) is 8.25. The van der Waals surface area contributed by atoms with E-state index in [-0.39, 0.29) is 0 Å². The second kappa shape index (κ2) is 4.41. The molecule has 0 amide bonds. The number of imidazole rings is 1. The quantitative estimate of drug-likeness (QED) is 0.683. The van der Waals surface area contributed by atoms with Crippen LogP contribution < -0.4 is 0 Å². The van der Waals surface area contributed by atoms with Gasteiger partial charge in [-0.25, -0.2) is 9.50 Å². The lowest BCUT2D eigenvalue weighted by molar-refractivity contribution is 0.633. The summed E-state index contributed by atoms with van der Waals surface area (Å²) >= 11 is 0. The highest BCUT2D eigenvalue weighted by Gasteiger charge is 2.00. The predicted octanol–water partition coefficient (Wildman–Crippen LogP) is 2.16. The van der Waals surface area contributed by atoms with Crippen LogP contribution in [-0.2, 0) is 13.0 Å². The van der Waals surface area contributed by atoms with E-state index in [2.05, 4.69) is 26.8 Å². The molecule has 0 radical (unpaired) electrons. The van der Waals surface area contributed by atoms with Gasteiger partial charge in [-0.1, -0.05) is 6.07 Å². The maximum absolute atomic E-state index is 4.52. The van der Waals surface area contributed by atoms with E-state index in [0.29, 0.717) is 0 Å². The van der Waals surface area contributed by atoms with Crippen molar-refractivity contribution in [1.82, 2.24) is 19.2 Å². The van der Waals surface area contributed by atoms with Crippen LogP contribution in [0.3, 0.4) is 0 Å². The third-order valence-corrected chi connectivity index (χ3v) is 2.83. The number of aryl methyl sites for hydroxylation is 2. The average molecular weight is 226 g/mol. The minimum atomic E-state index is 0.994. The Morgan fingerprint density at radius 1 is 1.18 bits per heavy atom. The van der Waals surface area contributed by atoms with Gasteiger partial charge in [-0.2, -0.15) is 5.10 Å². The first-order chi connectivity index (χ1) is 8.42. The molecule has 0 atom stereocenters. The van der Waals surface area contributed by atoms with Crippen molar-refractivity contribution in [2.75, 3.05) is 0 Å². The van der Waals surface area contributed by atoms with Crippen LogP contribution in [0.25, 0.3) is 5.52 Å². The van der Waals surface area contributed by atoms with Gasteiger partial charge in [0.25, 0.3) is 0 Å². The molecule has 4 heteroatoms. The van der Waals surface area contributed by atoms with E-state index in [9.17, 15) is 0 Å². The Morgan fingerprint density at radius 2 is 2.18 bits per heavy atom. The molecule has 0 unspecified atom stereocenters. The minimum absolute atomic E-state index is 0.994. The molecule has 3 aromatic heterocycles. The molecule has 0 saturated heterocycles. The molecule has 0 aromatic carbocycles. The van der Waals surface area contributed by atoms with E-state index in [0.717, 1.165) is 30.6 Å². The molecular formula is C13H14N4. The van der Waals surface area contributed by atoms with E-state index < -0.39 is 0 Å². The number of aromatic nitrogens is 4. The summed E-state index contributed by atoms with van der Waals surface area (Å²) in [7, 11) is 0. The first-order valence-electron chi connectivity index (χ1n) is 5.81. The van der Waals surface area contributed by atoms with Crippen LogP contribution in [0, 0.1) is 0 Å². The zero-order valence-electron chi connectivity index (χ0n) is 9.53. The van der Waals surface area contributed by atoms with Gasteiger partial charge < -0.3 is 4.57 Å².